The number of carboxylic acids is 1. The van der Waals surface area contributed by atoms with Gasteiger partial charge in [-0.2, -0.15) is 0 Å². The third-order valence-corrected chi connectivity index (χ3v) is 4.70. The van der Waals surface area contributed by atoms with Crippen LogP contribution in [-0.2, 0) is 16.0 Å². The van der Waals surface area contributed by atoms with E-state index >= 15 is 0 Å². The van der Waals surface area contributed by atoms with Gasteiger partial charge in [0.15, 0.2) is 0 Å². The predicted molar refractivity (Wildman–Crippen MR) is 197 cm³/mol. The number of hydrogen-bond donors (Lipinski definition) is 4. The fourth-order valence-electron chi connectivity index (χ4n) is 2.51. The van der Waals surface area contributed by atoms with Crippen LogP contribution in [0.4, 0.5) is 0 Å². The molecule has 0 aromatic heterocycles. The number of aliphatic carboxylic acids is 1. The molecule has 1 rings (SSSR count). The van der Waals surface area contributed by atoms with Crippen molar-refractivity contribution >= 4 is 17.5 Å². The number of carbonyl (C=O) groups is 2. The van der Waals surface area contributed by atoms with Gasteiger partial charge in [0.2, 0.25) is 0 Å². The summed E-state index contributed by atoms with van der Waals surface area (Å²) in [5, 5.41) is 23.3. The normalized spacial score (nSPS) is 9.55. The average molecular weight is 627 g/mol. The SMILES string of the molecule is CC.CC(=N)CCC(C)C.CC(=O)CC(C)C.CC(C)CC(=O)O.CC(C)CN.CC(C)CO.CC(C)Cc1ccccc1. The summed E-state index contributed by atoms with van der Waals surface area (Å²) >= 11 is 0. The maximum Gasteiger partial charge on any atom is 0.303 e. The number of carboxylic acid groups (broad SMARTS) is 1. The van der Waals surface area contributed by atoms with Gasteiger partial charge < -0.3 is 26.2 Å². The van der Waals surface area contributed by atoms with Crippen LogP contribution in [0, 0.1) is 40.9 Å². The van der Waals surface area contributed by atoms with Crippen LogP contribution in [0.2, 0.25) is 0 Å². The van der Waals surface area contributed by atoms with E-state index in [0.717, 1.165) is 43.4 Å². The molecule has 0 spiro atoms. The molecule has 0 amide bonds. The summed E-state index contributed by atoms with van der Waals surface area (Å²) < 4.78 is 0. The number of Topliss-reactive ketones (excluding diaryl/α,β-unsaturated/α-hetero) is 1. The Kier molecular flexibility index (Phi) is 50.7. The second-order valence-electron chi connectivity index (χ2n) is 13.3. The molecule has 0 atom stereocenters. The number of rotatable bonds is 11. The summed E-state index contributed by atoms with van der Waals surface area (Å²) in [5.74, 6) is 2.99. The second kappa shape index (κ2) is 41.0. The van der Waals surface area contributed by atoms with Gasteiger partial charge in [-0.05, 0) is 80.7 Å². The van der Waals surface area contributed by atoms with Crippen molar-refractivity contribution < 1.29 is 19.8 Å². The quantitative estimate of drug-likeness (QED) is 0.182. The molecule has 5 N–H and O–H groups in total. The molecular formula is C38H78N2O4. The molecule has 1 aromatic carbocycles. The molecule has 44 heavy (non-hydrogen) atoms. The molecule has 0 aliphatic carbocycles. The Morgan fingerprint density at radius 1 is 0.705 bits per heavy atom. The minimum atomic E-state index is -0.713. The number of benzene rings is 1. The van der Waals surface area contributed by atoms with Crippen LogP contribution in [0.5, 0.6) is 0 Å². The summed E-state index contributed by atoms with van der Waals surface area (Å²) in [6.07, 6.45) is 4.33. The number of nitrogens with two attached hydrogens (primary N) is 1. The maximum atomic E-state index is 10.3. The van der Waals surface area contributed by atoms with E-state index in [0.29, 0.717) is 24.4 Å². The molecule has 264 valence electrons. The summed E-state index contributed by atoms with van der Waals surface area (Å²) in [6, 6.07) is 10.6. The van der Waals surface area contributed by atoms with Crippen molar-refractivity contribution in [3.8, 4) is 0 Å². The molecule has 1 aromatic rings. The molecule has 0 aliphatic heterocycles. The third-order valence-electron chi connectivity index (χ3n) is 4.70. The summed E-state index contributed by atoms with van der Waals surface area (Å²) in [4.78, 5) is 20.1. The fraction of sp³-hybridized carbons (Fsp3) is 0.763. The number of nitrogens with one attached hydrogen (secondary N) is 1. The van der Waals surface area contributed by atoms with Crippen LogP contribution in [0.15, 0.2) is 30.3 Å². The minimum absolute atomic E-state index is 0.275. The fourth-order valence-corrected chi connectivity index (χ4v) is 2.51. The Morgan fingerprint density at radius 2 is 1.09 bits per heavy atom. The second-order valence-corrected chi connectivity index (χ2v) is 13.3. The smallest absolute Gasteiger partial charge is 0.303 e. The molecule has 0 heterocycles. The lowest BCUT2D eigenvalue weighted by molar-refractivity contribution is -0.137. The standard InChI is InChI=1S/C10H14.C7H15N.C6H12O.C5H10O2.C4H11N.C4H10O.C2H6/c1-9(2)8-10-6-4-3-5-7-10;1-6(2)4-5-7(3)8;1-5(2)4-6(3)7;1-4(2)3-5(6)7;2*1-4(2)3-5;1-2/h3-7,9H,8H2,1-2H3;6,8H,4-5H2,1-3H3;5H,4H2,1-3H3;4H,3H2,1-2H3,(H,6,7);4H,3,5H2,1-2H3;4-5H,3H2,1-2H3;1-2H3. The Hall–Kier alpha value is -2.05. The van der Waals surface area contributed by atoms with Gasteiger partial charge in [-0.25, -0.2) is 0 Å². The zero-order chi connectivity index (χ0) is 36.3. The van der Waals surface area contributed by atoms with E-state index in [1.54, 1.807) is 6.92 Å². The van der Waals surface area contributed by atoms with Crippen LogP contribution in [-0.4, -0.2) is 40.8 Å². The van der Waals surface area contributed by atoms with Gasteiger partial charge in [0.05, 0.1) is 0 Å². The third kappa shape index (κ3) is 83.4. The van der Waals surface area contributed by atoms with Gasteiger partial charge in [0.25, 0.3) is 0 Å². The number of aliphatic hydroxyl groups is 1. The number of aliphatic hydroxyl groups excluding tert-OH is 1. The van der Waals surface area contributed by atoms with E-state index in [1.807, 2.05) is 62.3 Å². The Bertz CT molecular complexity index is 685. The Labute approximate surface area is 275 Å². The highest BCUT2D eigenvalue weighted by Crippen LogP contribution is 2.06. The van der Waals surface area contributed by atoms with Crippen LogP contribution in [0.1, 0.15) is 142 Å². The summed E-state index contributed by atoms with van der Waals surface area (Å²) in [7, 11) is 0. The van der Waals surface area contributed by atoms with Gasteiger partial charge in [-0.1, -0.05) is 127 Å². The highest BCUT2D eigenvalue weighted by molar-refractivity contribution is 5.78. The topological polar surface area (TPSA) is 124 Å². The zero-order valence-electron chi connectivity index (χ0n) is 32.1. The lowest BCUT2D eigenvalue weighted by Crippen LogP contribution is -2.05. The van der Waals surface area contributed by atoms with Crippen LogP contribution in [0.3, 0.4) is 0 Å². The minimum Gasteiger partial charge on any atom is -0.481 e. The molecule has 0 radical (unpaired) electrons. The highest BCUT2D eigenvalue weighted by Gasteiger charge is 1.98. The molecule has 6 nitrogen and oxygen atoms in total. The lowest BCUT2D eigenvalue weighted by atomic mass is 10.0. The predicted octanol–water partition coefficient (Wildman–Crippen LogP) is 10.3. The molecule has 0 saturated carbocycles. The molecule has 0 fully saturated rings. The molecule has 0 saturated heterocycles. The first-order valence-electron chi connectivity index (χ1n) is 16.8. The number of ketones is 1. The largest absolute Gasteiger partial charge is 0.481 e. The van der Waals surface area contributed by atoms with Crippen LogP contribution in [0.25, 0.3) is 0 Å². The van der Waals surface area contributed by atoms with E-state index in [4.69, 9.17) is 21.4 Å². The Morgan fingerprint density at radius 3 is 1.23 bits per heavy atom. The van der Waals surface area contributed by atoms with Gasteiger partial charge in [-0.15, -0.1) is 0 Å². The average Bonchev–Trinajstić information content (AvgIpc) is 2.89. The Balaban J connectivity index is -0.0000000990. The zero-order valence-corrected chi connectivity index (χ0v) is 32.1. The van der Waals surface area contributed by atoms with E-state index in [-0.39, 0.29) is 18.1 Å². The molecule has 0 aliphatic rings. The van der Waals surface area contributed by atoms with Crippen molar-refractivity contribution in [3.63, 3.8) is 0 Å². The number of carbonyl (C=O) groups excluding carboxylic acids is 1. The first-order valence-corrected chi connectivity index (χ1v) is 16.8. The first kappa shape index (κ1) is 54.4. The van der Waals surface area contributed by atoms with E-state index in [1.165, 1.54) is 12.0 Å². The van der Waals surface area contributed by atoms with Crippen LogP contribution < -0.4 is 5.73 Å². The van der Waals surface area contributed by atoms with Crippen molar-refractivity contribution in [1.82, 2.24) is 0 Å². The van der Waals surface area contributed by atoms with Crippen molar-refractivity contribution in [3.05, 3.63) is 35.9 Å². The van der Waals surface area contributed by atoms with Crippen molar-refractivity contribution in [1.29, 1.82) is 5.41 Å². The lowest BCUT2D eigenvalue weighted by Gasteiger charge is -2.02. The van der Waals surface area contributed by atoms with Gasteiger partial charge in [-0.3, -0.25) is 4.79 Å². The summed E-state index contributed by atoms with van der Waals surface area (Å²) in [5.41, 5.74) is 7.42. The van der Waals surface area contributed by atoms with Crippen molar-refractivity contribution in [2.45, 2.75) is 143 Å². The van der Waals surface area contributed by atoms with Crippen LogP contribution >= 0.6 is 0 Å². The van der Waals surface area contributed by atoms with E-state index in [9.17, 15) is 9.59 Å². The monoisotopic (exact) mass is 627 g/mol. The molecular weight excluding hydrogens is 548 g/mol. The van der Waals surface area contributed by atoms with Gasteiger partial charge in [0, 0.05) is 25.2 Å². The maximum absolute atomic E-state index is 10.3. The summed E-state index contributed by atoms with van der Waals surface area (Å²) in [6.45, 7) is 33.4. The highest BCUT2D eigenvalue weighted by atomic mass is 16.4. The van der Waals surface area contributed by atoms with Gasteiger partial charge in [0.1, 0.15) is 5.78 Å². The van der Waals surface area contributed by atoms with Crippen molar-refractivity contribution in [2.24, 2.45) is 41.2 Å². The molecule has 6 heteroatoms. The van der Waals surface area contributed by atoms with E-state index in [2.05, 4.69) is 71.9 Å². The molecule has 0 bridgehead atoms. The van der Waals surface area contributed by atoms with E-state index < -0.39 is 5.97 Å². The van der Waals surface area contributed by atoms with Gasteiger partial charge >= 0.3 is 5.97 Å². The number of hydrogen-bond acceptors (Lipinski definition) is 5. The molecule has 0 unspecified atom stereocenters. The van der Waals surface area contributed by atoms with Crippen molar-refractivity contribution in [2.75, 3.05) is 13.2 Å². The first-order chi connectivity index (χ1) is 20.2.